The summed E-state index contributed by atoms with van der Waals surface area (Å²) in [6.45, 7) is 1.59. The van der Waals surface area contributed by atoms with E-state index in [1.54, 1.807) is 54.6 Å². The minimum Gasteiger partial charge on any atom is -0.369 e. The van der Waals surface area contributed by atoms with E-state index in [4.69, 9.17) is 0 Å². The molecule has 4 aromatic rings. The number of hydrogen-bond donors (Lipinski definition) is 1. The van der Waals surface area contributed by atoms with E-state index in [-0.39, 0.29) is 34.0 Å². The van der Waals surface area contributed by atoms with E-state index in [2.05, 4.69) is 10.3 Å². The van der Waals surface area contributed by atoms with Gasteiger partial charge in [-0.1, -0.05) is 6.07 Å². The Labute approximate surface area is 231 Å². The number of nitrogens with one attached hydrogen (secondary N) is 1. The summed E-state index contributed by atoms with van der Waals surface area (Å²) in [4.78, 5) is 47.4. The second kappa shape index (κ2) is 9.86. The number of hydrogen-bond acceptors (Lipinski definition) is 5. The van der Waals surface area contributed by atoms with E-state index in [9.17, 15) is 18.8 Å². The van der Waals surface area contributed by atoms with Gasteiger partial charge in [0.2, 0.25) is 0 Å². The molecule has 0 bridgehead atoms. The third kappa shape index (κ3) is 4.55. The van der Waals surface area contributed by atoms with Gasteiger partial charge in [-0.25, -0.2) is 14.2 Å². The second-order valence-corrected chi connectivity index (χ2v) is 10.8. The molecule has 0 atom stereocenters. The maximum absolute atomic E-state index is 14.8. The van der Waals surface area contributed by atoms with Gasteiger partial charge in [0.15, 0.2) is 0 Å². The number of rotatable bonds is 6. The van der Waals surface area contributed by atoms with E-state index in [0.29, 0.717) is 27.8 Å². The molecular formula is C27H26FIN6O3. The van der Waals surface area contributed by atoms with E-state index in [1.165, 1.54) is 26.8 Å². The molecule has 0 aliphatic heterocycles. The molecule has 0 saturated heterocycles. The molecule has 2 aromatic carbocycles. The second-order valence-electron chi connectivity index (χ2n) is 9.56. The number of aryl methyl sites for hydroxylation is 1. The minimum absolute atomic E-state index is 0.112. The maximum atomic E-state index is 14.8. The Morgan fingerprint density at radius 2 is 1.84 bits per heavy atom. The first-order valence-corrected chi connectivity index (χ1v) is 13.1. The van der Waals surface area contributed by atoms with E-state index in [1.807, 2.05) is 36.7 Å². The number of fused-ring (bicyclic) bond motifs is 1. The van der Waals surface area contributed by atoms with Crippen molar-refractivity contribution < 1.29 is 4.39 Å². The van der Waals surface area contributed by atoms with Crippen molar-refractivity contribution in [2.24, 2.45) is 12.0 Å². The van der Waals surface area contributed by atoms with Gasteiger partial charge in [-0.3, -0.25) is 23.3 Å². The third-order valence-electron chi connectivity index (χ3n) is 6.47. The molecule has 1 aliphatic carbocycles. The molecule has 1 N–H and O–H groups in total. The van der Waals surface area contributed by atoms with Crippen LogP contribution in [-0.4, -0.2) is 39.0 Å². The summed E-state index contributed by atoms with van der Waals surface area (Å²) >= 11 is 2.01. The summed E-state index contributed by atoms with van der Waals surface area (Å²) in [5.41, 5.74) is 0.133. The number of nitrogens with zero attached hydrogens (tertiary/aromatic N) is 5. The molecule has 2 heterocycles. The summed E-state index contributed by atoms with van der Waals surface area (Å²) in [7, 11) is 5.22. The van der Waals surface area contributed by atoms with Gasteiger partial charge in [-0.05, 0) is 78.8 Å². The molecule has 196 valence electrons. The summed E-state index contributed by atoms with van der Waals surface area (Å²) in [5.74, 6) is -0.411. The Morgan fingerprint density at radius 3 is 2.50 bits per heavy atom. The highest BCUT2D eigenvalue weighted by Gasteiger charge is 2.31. The Bertz CT molecular complexity index is 1800. The average Bonchev–Trinajstić information content (AvgIpc) is 3.70. The summed E-state index contributed by atoms with van der Waals surface area (Å²) in [6.07, 6.45) is 3.05. The van der Waals surface area contributed by atoms with E-state index in [0.717, 1.165) is 0 Å². The monoisotopic (exact) mass is 628 g/mol. The Kier molecular flexibility index (Phi) is 6.72. The lowest BCUT2D eigenvalue weighted by Crippen LogP contribution is -2.41. The molecule has 0 radical (unpaired) electrons. The molecule has 1 fully saturated rings. The Morgan fingerprint density at radius 1 is 1.11 bits per heavy atom. The van der Waals surface area contributed by atoms with Crippen LogP contribution in [0.1, 0.15) is 24.4 Å². The van der Waals surface area contributed by atoms with Crippen molar-refractivity contribution in [1.82, 2.24) is 18.6 Å². The van der Waals surface area contributed by atoms with Gasteiger partial charge in [0.05, 0.1) is 28.9 Å². The molecule has 5 rings (SSSR count). The van der Waals surface area contributed by atoms with Crippen LogP contribution in [-0.2, 0) is 7.05 Å². The standard InChI is InChI=1S/C27H26FIN6O3/c1-15-23-22(24(33(4)25(15)36)31-21-11-8-16(29)12-20(21)28)26(37)35(18-9-10-18)27(38)34(23)19-7-5-6-17(13-19)30-14-32(2)3/h5-8,11-14,18,31H,9-10H2,1-4H3/b30-14+. The zero-order chi connectivity index (χ0) is 27.3. The van der Waals surface area contributed by atoms with Crippen LogP contribution in [0.2, 0.25) is 0 Å². The van der Waals surface area contributed by atoms with Crippen LogP contribution in [0.3, 0.4) is 0 Å². The minimum atomic E-state index is -0.527. The molecule has 1 aliphatic rings. The topological polar surface area (TPSA) is 93.6 Å². The number of aliphatic imine (C=N–C) groups is 1. The van der Waals surface area contributed by atoms with Crippen LogP contribution in [0, 0.1) is 16.3 Å². The predicted octanol–water partition coefficient (Wildman–Crippen LogP) is 4.20. The fourth-order valence-corrected chi connectivity index (χ4v) is 4.92. The fraction of sp³-hybridized carbons (Fsp3) is 0.259. The number of anilines is 2. The fourth-order valence-electron chi connectivity index (χ4n) is 4.47. The zero-order valence-electron chi connectivity index (χ0n) is 21.3. The largest absolute Gasteiger partial charge is 0.369 e. The number of aromatic nitrogens is 3. The van der Waals surface area contributed by atoms with Gasteiger partial charge in [-0.15, -0.1) is 0 Å². The Hall–Kier alpha value is -3.74. The van der Waals surface area contributed by atoms with Crippen molar-refractivity contribution in [1.29, 1.82) is 0 Å². The molecule has 38 heavy (non-hydrogen) atoms. The zero-order valence-corrected chi connectivity index (χ0v) is 23.5. The molecule has 9 nitrogen and oxygen atoms in total. The molecule has 11 heteroatoms. The molecule has 1 saturated carbocycles. The highest BCUT2D eigenvalue weighted by atomic mass is 127. The van der Waals surface area contributed by atoms with E-state index >= 15 is 0 Å². The molecule has 0 unspecified atom stereocenters. The smallest absolute Gasteiger partial charge is 0.336 e. The number of pyridine rings is 1. The highest BCUT2D eigenvalue weighted by molar-refractivity contribution is 14.1. The first-order valence-electron chi connectivity index (χ1n) is 12.0. The van der Waals surface area contributed by atoms with Crippen molar-refractivity contribution in [3.8, 4) is 5.69 Å². The van der Waals surface area contributed by atoms with Crippen LogP contribution in [0.4, 0.5) is 21.6 Å². The SMILES string of the molecule is Cc1c(=O)n(C)c(Nc2ccc(I)cc2F)c2c(=O)n(C3CC3)c(=O)n(-c3cccc(/N=C/N(C)C)c3)c12. The molecule has 2 aromatic heterocycles. The van der Waals surface area contributed by atoms with E-state index < -0.39 is 22.6 Å². The van der Waals surface area contributed by atoms with Gasteiger partial charge >= 0.3 is 5.69 Å². The van der Waals surface area contributed by atoms with Gasteiger partial charge < -0.3 is 10.2 Å². The third-order valence-corrected chi connectivity index (χ3v) is 7.14. The molecule has 0 amide bonds. The summed E-state index contributed by atoms with van der Waals surface area (Å²) < 4.78 is 19.5. The molecular weight excluding hydrogens is 602 g/mol. The number of benzene rings is 2. The van der Waals surface area contributed by atoms with Gasteiger partial charge in [0.1, 0.15) is 17.0 Å². The summed E-state index contributed by atoms with van der Waals surface area (Å²) in [6, 6.07) is 11.4. The van der Waals surface area contributed by atoms with Gasteiger partial charge in [-0.2, -0.15) is 0 Å². The van der Waals surface area contributed by atoms with Gasteiger partial charge in [0, 0.05) is 36.3 Å². The lowest BCUT2D eigenvalue weighted by molar-refractivity contribution is 0.630. The van der Waals surface area contributed by atoms with Gasteiger partial charge in [0.25, 0.3) is 11.1 Å². The lowest BCUT2D eigenvalue weighted by atomic mass is 10.1. The van der Waals surface area contributed by atoms with Crippen molar-refractivity contribution >= 4 is 57.0 Å². The summed E-state index contributed by atoms with van der Waals surface area (Å²) in [5, 5.41) is 3.11. The molecule has 0 spiro atoms. The van der Waals surface area contributed by atoms with Crippen molar-refractivity contribution in [2.45, 2.75) is 25.8 Å². The van der Waals surface area contributed by atoms with Crippen molar-refractivity contribution in [2.75, 3.05) is 19.4 Å². The lowest BCUT2D eigenvalue weighted by Gasteiger charge is -2.20. The first kappa shape index (κ1) is 25.9. The first-order chi connectivity index (χ1) is 18.1. The normalized spacial score (nSPS) is 13.4. The predicted molar refractivity (Wildman–Crippen MR) is 156 cm³/mol. The van der Waals surface area contributed by atoms with Crippen LogP contribution < -0.4 is 22.1 Å². The van der Waals surface area contributed by atoms with Crippen molar-refractivity contribution in [3.63, 3.8) is 0 Å². The average molecular weight is 628 g/mol. The quantitative estimate of drug-likeness (QED) is 0.196. The highest BCUT2D eigenvalue weighted by Crippen LogP contribution is 2.34. The number of halogens is 2. The van der Waals surface area contributed by atoms with Crippen LogP contribution in [0.25, 0.3) is 16.6 Å². The van der Waals surface area contributed by atoms with Crippen LogP contribution >= 0.6 is 22.6 Å². The Balaban J connectivity index is 1.88. The van der Waals surface area contributed by atoms with Crippen LogP contribution in [0.15, 0.2) is 61.8 Å². The van der Waals surface area contributed by atoms with Crippen molar-refractivity contribution in [3.05, 3.63) is 88.6 Å². The van der Waals surface area contributed by atoms with Crippen LogP contribution in [0.5, 0.6) is 0 Å². The maximum Gasteiger partial charge on any atom is 0.336 e.